The highest BCUT2D eigenvalue weighted by Crippen LogP contribution is 2.12. The van der Waals surface area contributed by atoms with Gasteiger partial charge in [0.05, 0.1) is 11.6 Å². The molecule has 1 aromatic rings. The lowest BCUT2D eigenvalue weighted by molar-refractivity contribution is 0.105. The maximum absolute atomic E-state index is 9.85. The number of aliphatic hydroxyl groups excluding tert-OH is 1. The van der Waals surface area contributed by atoms with Gasteiger partial charge in [-0.25, -0.2) is 0 Å². The molecule has 20 heavy (non-hydrogen) atoms. The van der Waals surface area contributed by atoms with Crippen LogP contribution in [0, 0.1) is 11.3 Å². The van der Waals surface area contributed by atoms with Gasteiger partial charge in [-0.1, -0.05) is 13.0 Å². The van der Waals surface area contributed by atoms with Gasteiger partial charge in [0, 0.05) is 18.3 Å². The average Bonchev–Trinajstić information content (AvgIpc) is 2.49. The van der Waals surface area contributed by atoms with E-state index in [1.54, 1.807) is 24.3 Å². The molecule has 0 saturated carbocycles. The SMILES string of the molecule is CCSCC(C)NCC(O)COc1cccc(C#N)c1. The molecule has 110 valence electrons. The van der Waals surface area contributed by atoms with Crippen LogP contribution in [0.1, 0.15) is 19.4 Å². The molecule has 2 atom stereocenters. The Kier molecular flexibility index (Phi) is 8.12. The van der Waals surface area contributed by atoms with Gasteiger partial charge in [0.1, 0.15) is 18.5 Å². The third-order valence-electron chi connectivity index (χ3n) is 2.68. The molecule has 0 bridgehead atoms. The highest BCUT2D eigenvalue weighted by atomic mass is 32.2. The first-order valence-corrected chi connectivity index (χ1v) is 7.93. The van der Waals surface area contributed by atoms with Crippen molar-refractivity contribution in [2.45, 2.75) is 26.0 Å². The summed E-state index contributed by atoms with van der Waals surface area (Å²) in [6.45, 7) is 4.96. The summed E-state index contributed by atoms with van der Waals surface area (Å²) in [7, 11) is 0. The molecule has 1 rings (SSSR count). The minimum Gasteiger partial charge on any atom is -0.491 e. The highest BCUT2D eigenvalue weighted by Gasteiger charge is 2.08. The zero-order chi connectivity index (χ0) is 14.8. The molecule has 0 aliphatic heterocycles. The van der Waals surface area contributed by atoms with Gasteiger partial charge in [0.25, 0.3) is 0 Å². The summed E-state index contributed by atoms with van der Waals surface area (Å²) in [5.74, 6) is 2.75. The summed E-state index contributed by atoms with van der Waals surface area (Å²) >= 11 is 1.88. The monoisotopic (exact) mass is 294 g/mol. The summed E-state index contributed by atoms with van der Waals surface area (Å²) in [6, 6.07) is 9.36. The predicted molar refractivity (Wildman–Crippen MR) is 83.1 cm³/mol. The number of ether oxygens (including phenoxy) is 1. The number of rotatable bonds is 9. The van der Waals surface area contributed by atoms with Crippen LogP contribution in [-0.4, -0.2) is 41.9 Å². The third-order valence-corrected chi connectivity index (χ3v) is 3.82. The molecule has 1 aromatic carbocycles. The number of nitriles is 1. The van der Waals surface area contributed by atoms with Crippen LogP contribution in [0.4, 0.5) is 0 Å². The summed E-state index contributed by atoms with van der Waals surface area (Å²) in [4.78, 5) is 0. The molecule has 0 aliphatic rings. The number of nitrogens with one attached hydrogen (secondary N) is 1. The number of aliphatic hydroxyl groups is 1. The van der Waals surface area contributed by atoms with Crippen molar-refractivity contribution in [3.63, 3.8) is 0 Å². The van der Waals surface area contributed by atoms with Crippen molar-refractivity contribution in [3.05, 3.63) is 29.8 Å². The summed E-state index contributed by atoms with van der Waals surface area (Å²) in [6.07, 6.45) is -0.560. The van der Waals surface area contributed by atoms with Gasteiger partial charge in [-0.15, -0.1) is 0 Å². The van der Waals surface area contributed by atoms with Crippen LogP contribution in [-0.2, 0) is 0 Å². The largest absolute Gasteiger partial charge is 0.491 e. The predicted octanol–water partition coefficient (Wildman–Crippen LogP) is 2.03. The number of hydrogen-bond acceptors (Lipinski definition) is 5. The van der Waals surface area contributed by atoms with E-state index in [4.69, 9.17) is 10.00 Å². The topological polar surface area (TPSA) is 65.3 Å². The second-order valence-electron chi connectivity index (χ2n) is 4.57. The van der Waals surface area contributed by atoms with Crippen molar-refractivity contribution >= 4 is 11.8 Å². The third kappa shape index (κ3) is 6.80. The van der Waals surface area contributed by atoms with Gasteiger partial charge < -0.3 is 15.2 Å². The fourth-order valence-electron chi connectivity index (χ4n) is 1.60. The van der Waals surface area contributed by atoms with Gasteiger partial charge >= 0.3 is 0 Å². The second kappa shape index (κ2) is 9.65. The van der Waals surface area contributed by atoms with Crippen LogP contribution >= 0.6 is 11.8 Å². The molecule has 0 radical (unpaired) electrons. The van der Waals surface area contributed by atoms with Crippen molar-refractivity contribution in [1.29, 1.82) is 5.26 Å². The molecular formula is C15H22N2O2S. The molecule has 0 saturated heterocycles. The van der Waals surface area contributed by atoms with Crippen LogP contribution in [0.3, 0.4) is 0 Å². The Morgan fingerprint density at radius 3 is 3.00 bits per heavy atom. The lowest BCUT2D eigenvalue weighted by Crippen LogP contribution is -2.37. The van der Waals surface area contributed by atoms with Gasteiger partial charge in [0.15, 0.2) is 0 Å². The van der Waals surface area contributed by atoms with E-state index in [0.717, 1.165) is 11.5 Å². The molecule has 0 heterocycles. The maximum atomic E-state index is 9.85. The van der Waals surface area contributed by atoms with Gasteiger partial charge in [-0.3, -0.25) is 0 Å². The van der Waals surface area contributed by atoms with Gasteiger partial charge in [-0.05, 0) is 30.9 Å². The van der Waals surface area contributed by atoms with Crippen LogP contribution < -0.4 is 10.1 Å². The summed E-state index contributed by atoms with van der Waals surface area (Å²) in [5.41, 5.74) is 0.556. The maximum Gasteiger partial charge on any atom is 0.120 e. The Morgan fingerprint density at radius 2 is 2.30 bits per heavy atom. The quantitative estimate of drug-likeness (QED) is 0.729. The fraction of sp³-hybridized carbons (Fsp3) is 0.533. The lowest BCUT2D eigenvalue weighted by atomic mass is 10.2. The summed E-state index contributed by atoms with van der Waals surface area (Å²) < 4.78 is 5.48. The lowest BCUT2D eigenvalue weighted by Gasteiger charge is -2.17. The van der Waals surface area contributed by atoms with E-state index in [9.17, 15) is 5.11 Å². The van der Waals surface area contributed by atoms with Crippen LogP contribution in [0.25, 0.3) is 0 Å². The molecule has 4 nitrogen and oxygen atoms in total. The minimum atomic E-state index is -0.560. The van der Waals surface area contributed by atoms with E-state index >= 15 is 0 Å². The number of thioether (sulfide) groups is 1. The minimum absolute atomic E-state index is 0.218. The molecule has 0 aliphatic carbocycles. The standard InChI is InChI=1S/C15H22N2O2S/c1-3-20-11-12(2)17-9-14(18)10-19-15-6-4-5-13(7-15)8-16/h4-7,12,14,17-18H,3,9-11H2,1-2H3. The van der Waals surface area contributed by atoms with Crippen molar-refractivity contribution < 1.29 is 9.84 Å². The van der Waals surface area contributed by atoms with Gasteiger partial charge in [-0.2, -0.15) is 17.0 Å². The second-order valence-corrected chi connectivity index (χ2v) is 5.89. The van der Waals surface area contributed by atoms with E-state index in [-0.39, 0.29) is 6.61 Å². The van der Waals surface area contributed by atoms with E-state index in [1.165, 1.54) is 0 Å². The van der Waals surface area contributed by atoms with Crippen molar-refractivity contribution in [1.82, 2.24) is 5.32 Å². The van der Waals surface area contributed by atoms with E-state index in [0.29, 0.717) is 23.9 Å². The van der Waals surface area contributed by atoms with Crippen LogP contribution in [0.15, 0.2) is 24.3 Å². The molecular weight excluding hydrogens is 272 g/mol. The first kappa shape index (κ1) is 16.8. The zero-order valence-corrected chi connectivity index (χ0v) is 12.8. The number of nitrogens with zero attached hydrogens (tertiary/aromatic N) is 1. The van der Waals surface area contributed by atoms with Crippen molar-refractivity contribution in [2.24, 2.45) is 0 Å². The highest BCUT2D eigenvalue weighted by molar-refractivity contribution is 7.99. The zero-order valence-electron chi connectivity index (χ0n) is 12.0. The van der Waals surface area contributed by atoms with Crippen molar-refractivity contribution in [2.75, 3.05) is 24.7 Å². The Morgan fingerprint density at radius 1 is 1.50 bits per heavy atom. The molecule has 2 N–H and O–H groups in total. The first-order valence-electron chi connectivity index (χ1n) is 6.77. The van der Waals surface area contributed by atoms with Crippen molar-refractivity contribution in [3.8, 4) is 11.8 Å². The molecule has 0 aromatic heterocycles. The summed E-state index contributed by atoms with van der Waals surface area (Å²) in [5, 5.41) is 21.9. The fourth-order valence-corrected chi connectivity index (χ4v) is 2.30. The average molecular weight is 294 g/mol. The normalized spacial score (nSPS) is 13.5. The van der Waals surface area contributed by atoms with Gasteiger partial charge in [0.2, 0.25) is 0 Å². The Balaban J connectivity index is 2.25. The molecule has 2 unspecified atom stereocenters. The number of hydrogen-bond donors (Lipinski definition) is 2. The Bertz CT molecular complexity index is 434. The molecule has 0 spiro atoms. The van der Waals surface area contributed by atoms with Crippen LogP contribution in [0.2, 0.25) is 0 Å². The van der Waals surface area contributed by atoms with E-state index in [2.05, 4.69) is 25.2 Å². The molecule has 5 heteroatoms. The van der Waals surface area contributed by atoms with E-state index in [1.807, 2.05) is 11.8 Å². The Labute approximate surface area is 125 Å². The molecule has 0 amide bonds. The number of benzene rings is 1. The molecule has 0 fully saturated rings. The first-order chi connectivity index (χ1) is 9.65. The van der Waals surface area contributed by atoms with E-state index < -0.39 is 6.10 Å². The smallest absolute Gasteiger partial charge is 0.120 e. The van der Waals surface area contributed by atoms with Crippen LogP contribution in [0.5, 0.6) is 5.75 Å². The Hall–Kier alpha value is -1.22.